The summed E-state index contributed by atoms with van der Waals surface area (Å²) in [6.07, 6.45) is 3.45. The molecule has 0 bridgehead atoms. The monoisotopic (exact) mass is 223 g/mol. The lowest BCUT2D eigenvalue weighted by Crippen LogP contribution is -1.76. The van der Waals surface area contributed by atoms with Gasteiger partial charge >= 0.3 is 0 Å². The highest BCUT2D eigenvalue weighted by Gasteiger charge is 1.99. The van der Waals surface area contributed by atoms with Gasteiger partial charge in [-0.25, -0.2) is 0 Å². The number of pyridine rings is 1. The maximum Gasteiger partial charge on any atom is 0.117 e. The summed E-state index contributed by atoms with van der Waals surface area (Å²) in [5.41, 5.74) is 0. The highest BCUT2D eigenvalue weighted by molar-refractivity contribution is 9.10. The Hall–Kier alpha value is -1.09. The van der Waals surface area contributed by atoms with Crippen LogP contribution in [0.3, 0.4) is 0 Å². The quantitative estimate of drug-likeness (QED) is 0.746. The Bertz CT molecular complexity index is 428. The summed E-state index contributed by atoms with van der Waals surface area (Å²) in [7, 11) is 0. The molecule has 2 aromatic rings. The predicted octanol–water partition coefficient (Wildman–Crippen LogP) is 2.70. The van der Waals surface area contributed by atoms with Gasteiger partial charge in [0.2, 0.25) is 0 Å². The fourth-order valence-electron chi connectivity index (χ4n) is 1.15. The van der Waals surface area contributed by atoms with Crippen LogP contribution in [0.1, 0.15) is 0 Å². The number of phenols is 1. The van der Waals surface area contributed by atoms with Crippen molar-refractivity contribution in [2.24, 2.45) is 0 Å². The molecule has 3 heteroatoms. The van der Waals surface area contributed by atoms with Crippen LogP contribution in [0.4, 0.5) is 0 Å². The molecule has 2 nitrogen and oxygen atoms in total. The minimum atomic E-state index is 0.252. The van der Waals surface area contributed by atoms with Crippen LogP contribution in [-0.4, -0.2) is 10.1 Å². The maximum absolute atomic E-state index is 9.25. The van der Waals surface area contributed by atoms with Crippen molar-refractivity contribution in [2.45, 2.75) is 0 Å². The fourth-order valence-corrected chi connectivity index (χ4v) is 1.74. The third kappa shape index (κ3) is 1.16. The van der Waals surface area contributed by atoms with Gasteiger partial charge in [-0.2, -0.15) is 0 Å². The van der Waals surface area contributed by atoms with Crippen LogP contribution in [0.2, 0.25) is 0 Å². The van der Waals surface area contributed by atoms with E-state index in [0.717, 1.165) is 15.2 Å². The molecule has 0 aliphatic heterocycles. The first-order valence-electron chi connectivity index (χ1n) is 3.49. The van der Waals surface area contributed by atoms with Crippen molar-refractivity contribution in [2.75, 3.05) is 0 Å². The Labute approximate surface area is 78.0 Å². The molecular formula is C9H6BrNO. The van der Waals surface area contributed by atoms with Gasteiger partial charge in [-0.15, -0.1) is 0 Å². The second-order valence-electron chi connectivity index (χ2n) is 2.52. The summed E-state index contributed by atoms with van der Waals surface area (Å²) >= 11 is 3.36. The van der Waals surface area contributed by atoms with Gasteiger partial charge in [-0.1, -0.05) is 15.9 Å². The van der Waals surface area contributed by atoms with E-state index in [2.05, 4.69) is 20.9 Å². The van der Waals surface area contributed by atoms with E-state index in [9.17, 15) is 5.11 Å². The van der Waals surface area contributed by atoms with Gasteiger partial charge in [-0.3, -0.25) is 4.98 Å². The number of benzene rings is 1. The van der Waals surface area contributed by atoms with Crippen molar-refractivity contribution in [3.05, 3.63) is 35.1 Å². The Morgan fingerprint density at radius 3 is 3.00 bits per heavy atom. The van der Waals surface area contributed by atoms with Crippen LogP contribution < -0.4 is 0 Å². The van der Waals surface area contributed by atoms with Crippen molar-refractivity contribution >= 4 is 26.7 Å². The van der Waals surface area contributed by atoms with E-state index in [1.54, 1.807) is 24.5 Å². The fraction of sp³-hybridized carbons (Fsp3) is 0. The molecule has 1 N–H and O–H groups in total. The highest BCUT2D eigenvalue weighted by Crippen LogP contribution is 2.27. The van der Waals surface area contributed by atoms with E-state index in [-0.39, 0.29) is 5.75 Å². The van der Waals surface area contributed by atoms with E-state index in [4.69, 9.17) is 0 Å². The molecule has 0 aliphatic rings. The molecular weight excluding hydrogens is 218 g/mol. The minimum Gasteiger partial charge on any atom is -0.508 e. The predicted molar refractivity (Wildman–Crippen MR) is 51.1 cm³/mol. The topological polar surface area (TPSA) is 33.1 Å². The number of hydrogen-bond donors (Lipinski definition) is 1. The molecule has 0 amide bonds. The second kappa shape index (κ2) is 2.75. The van der Waals surface area contributed by atoms with Crippen molar-refractivity contribution in [3.63, 3.8) is 0 Å². The molecule has 0 aliphatic carbocycles. The molecule has 1 heterocycles. The molecule has 2 rings (SSSR count). The second-order valence-corrected chi connectivity index (χ2v) is 3.38. The van der Waals surface area contributed by atoms with Gasteiger partial charge in [0.1, 0.15) is 5.75 Å². The molecule has 1 aromatic heterocycles. The molecule has 0 unspecified atom stereocenters. The molecule has 0 radical (unpaired) electrons. The smallest absolute Gasteiger partial charge is 0.117 e. The average molecular weight is 224 g/mol. The van der Waals surface area contributed by atoms with E-state index in [1.807, 2.05) is 6.07 Å². The van der Waals surface area contributed by atoms with Crippen LogP contribution in [0.15, 0.2) is 35.1 Å². The van der Waals surface area contributed by atoms with Crippen molar-refractivity contribution < 1.29 is 5.11 Å². The molecule has 0 fully saturated rings. The number of halogens is 1. The first-order chi connectivity index (χ1) is 5.77. The summed E-state index contributed by atoms with van der Waals surface area (Å²) < 4.78 is 0.889. The zero-order chi connectivity index (χ0) is 8.55. The number of aromatic nitrogens is 1. The van der Waals surface area contributed by atoms with Crippen LogP contribution in [-0.2, 0) is 0 Å². The number of nitrogens with zero attached hydrogens (tertiary/aromatic N) is 1. The lowest BCUT2D eigenvalue weighted by Gasteiger charge is -1.99. The van der Waals surface area contributed by atoms with E-state index < -0.39 is 0 Å². The van der Waals surface area contributed by atoms with Crippen LogP contribution in [0.25, 0.3) is 10.8 Å². The highest BCUT2D eigenvalue weighted by atomic mass is 79.9. The lowest BCUT2D eigenvalue weighted by atomic mass is 10.2. The van der Waals surface area contributed by atoms with E-state index in [1.165, 1.54) is 0 Å². The normalized spacial score (nSPS) is 10.4. The van der Waals surface area contributed by atoms with E-state index in [0.29, 0.717) is 0 Å². The molecule has 0 spiro atoms. The molecule has 0 saturated heterocycles. The maximum atomic E-state index is 9.25. The van der Waals surface area contributed by atoms with Gasteiger partial charge in [0.15, 0.2) is 0 Å². The molecule has 60 valence electrons. The van der Waals surface area contributed by atoms with E-state index >= 15 is 0 Å². The minimum absolute atomic E-state index is 0.252. The van der Waals surface area contributed by atoms with Gasteiger partial charge in [-0.05, 0) is 23.6 Å². The van der Waals surface area contributed by atoms with Crippen molar-refractivity contribution in [1.29, 1.82) is 0 Å². The summed E-state index contributed by atoms with van der Waals surface area (Å²) in [6.45, 7) is 0. The van der Waals surface area contributed by atoms with Crippen LogP contribution >= 0.6 is 15.9 Å². The number of phenolic OH excluding ortho intramolecular Hbond substituents is 1. The van der Waals surface area contributed by atoms with Gasteiger partial charge in [0.25, 0.3) is 0 Å². The van der Waals surface area contributed by atoms with Gasteiger partial charge < -0.3 is 5.11 Å². The number of hydrogen-bond acceptors (Lipinski definition) is 2. The molecule has 1 aromatic carbocycles. The standard InChI is InChI=1S/C9H6BrNO/c10-9-4-7(12)3-6-5-11-2-1-8(6)9/h1-5,12H. The lowest BCUT2D eigenvalue weighted by molar-refractivity contribution is 0.476. The van der Waals surface area contributed by atoms with Crippen molar-refractivity contribution in [3.8, 4) is 5.75 Å². The Kier molecular flexibility index (Phi) is 1.73. The summed E-state index contributed by atoms with van der Waals surface area (Å²) in [4.78, 5) is 3.96. The Morgan fingerprint density at radius 1 is 1.33 bits per heavy atom. The Morgan fingerprint density at radius 2 is 2.17 bits per heavy atom. The van der Waals surface area contributed by atoms with Crippen LogP contribution in [0.5, 0.6) is 5.75 Å². The third-order valence-electron chi connectivity index (χ3n) is 1.69. The average Bonchev–Trinajstić information content (AvgIpc) is 2.04. The zero-order valence-electron chi connectivity index (χ0n) is 6.16. The van der Waals surface area contributed by atoms with Crippen LogP contribution in [0, 0.1) is 0 Å². The first-order valence-corrected chi connectivity index (χ1v) is 4.29. The number of rotatable bonds is 0. The molecule has 0 saturated carbocycles. The Balaban J connectivity index is 2.89. The molecule has 12 heavy (non-hydrogen) atoms. The SMILES string of the molecule is Oc1cc(Br)c2ccncc2c1. The summed E-state index contributed by atoms with van der Waals surface area (Å²) in [5, 5.41) is 11.2. The third-order valence-corrected chi connectivity index (χ3v) is 2.34. The largest absolute Gasteiger partial charge is 0.508 e. The number of fused-ring (bicyclic) bond motifs is 1. The van der Waals surface area contributed by atoms with Gasteiger partial charge in [0.05, 0.1) is 0 Å². The van der Waals surface area contributed by atoms with Gasteiger partial charge in [0, 0.05) is 22.3 Å². The summed E-state index contributed by atoms with van der Waals surface area (Å²) in [6, 6.07) is 5.26. The molecule has 0 atom stereocenters. The number of aromatic hydroxyl groups is 1. The zero-order valence-corrected chi connectivity index (χ0v) is 7.75. The van der Waals surface area contributed by atoms with Crippen molar-refractivity contribution in [1.82, 2.24) is 4.98 Å². The summed E-state index contributed by atoms with van der Waals surface area (Å²) in [5.74, 6) is 0.252. The first kappa shape index (κ1) is 7.55.